The number of halogens is 1. The number of aromatic nitrogens is 2. The molecule has 1 aliphatic rings. The van der Waals surface area contributed by atoms with Gasteiger partial charge in [-0.3, -0.25) is 0 Å². The molecule has 2 aromatic rings. The Hall–Kier alpha value is -1.65. The Morgan fingerprint density at radius 3 is 2.52 bits per heavy atom. The van der Waals surface area contributed by atoms with E-state index < -0.39 is 0 Å². The van der Waals surface area contributed by atoms with Gasteiger partial charge in [0.2, 0.25) is 5.95 Å². The topological polar surface area (TPSA) is 41.1 Å². The number of hydrogen-bond acceptors (Lipinski definition) is 4. The lowest BCUT2D eigenvalue weighted by Gasteiger charge is -2.19. The fraction of sp³-hybridized carbons (Fsp3) is 0.375. The Morgan fingerprint density at radius 2 is 1.81 bits per heavy atom. The quantitative estimate of drug-likeness (QED) is 0.926. The SMILES string of the molecule is CC1CCN(c2ncc(-c3ccc(Cl)cc3)cn2)CCN1. The van der Waals surface area contributed by atoms with Gasteiger partial charge in [0.05, 0.1) is 0 Å². The number of anilines is 1. The highest BCUT2D eigenvalue weighted by Gasteiger charge is 2.15. The van der Waals surface area contributed by atoms with E-state index in [1.54, 1.807) is 0 Å². The molecule has 4 nitrogen and oxygen atoms in total. The molecule has 1 aliphatic heterocycles. The summed E-state index contributed by atoms with van der Waals surface area (Å²) in [5.41, 5.74) is 2.09. The van der Waals surface area contributed by atoms with Gasteiger partial charge in [0.15, 0.2) is 0 Å². The second-order valence-corrected chi connectivity index (χ2v) is 5.85. The summed E-state index contributed by atoms with van der Waals surface area (Å²) >= 11 is 5.91. The van der Waals surface area contributed by atoms with Crippen molar-refractivity contribution in [1.82, 2.24) is 15.3 Å². The van der Waals surface area contributed by atoms with Crippen LogP contribution < -0.4 is 10.2 Å². The number of hydrogen-bond donors (Lipinski definition) is 1. The van der Waals surface area contributed by atoms with Gasteiger partial charge in [-0.15, -0.1) is 0 Å². The molecule has 3 rings (SSSR count). The lowest BCUT2D eigenvalue weighted by Crippen LogP contribution is -2.30. The minimum absolute atomic E-state index is 0.559. The fourth-order valence-corrected chi connectivity index (χ4v) is 2.61. The third kappa shape index (κ3) is 3.52. The molecule has 1 aromatic carbocycles. The molecule has 1 N–H and O–H groups in total. The summed E-state index contributed by atoms with van der Waals surface area (Å²) in [6.07, 6.45) is 4.88. The number of nitrogens with one attached hydrogen (secondary N) is 1. The summed E-state index contributed by atoms with van der Waals surface area (Å²) < 4.78 is 0. The third-order valence-corrected chi connectivity index (χ3v) is 4.06. The molecular formula is C16H19ClN4. The van der Waals surface area contributed by atoms with Crippen molar-refractivity contribution in [1.29, 1.82) is 0 Å². The zero-order chi connectivity index (χ0) is 14.7. The van der Waals surface area contributed by atoms with Crippen molar-refractivity contribution < 1.29 is 0 Å². The highest BCUT2D eigenvalue weighted by atomic mass is 35.5. The van der Waals surface area contributed by atoms with Gasteiger partial charge in [-0.25, -0.2) is 9.97 Å². The Balaban J connectivity index is 1.76. The first-order valence-electron chi connectivity index (χ1n) is 7.29. The fourth-order valence-electron chi connectivity index (χ4n) is 2.49. The first-order chi connectivity index (χ1) is 10.2. The molecule has 1 fully saturated rings. The molecule has 110 valence electrons. The van der Waals surface area contributed by atoms with E-state index in [-0.39, 0.29) is 0 Å². The second-order valence-electron chi connectivity index (χ2n) is 5.41. The molecule has 0 saturated carbocycles. The summed E-state index contributed by atoms with van der Waals surface area (Å²) in [6.45, 7) is 5.14. The van der Waals surface area contributed by atoms with E-state index in [4.69, 9.17) is 11.6 Å². The summed E-state index contributed by atoms with van der Waals surface area (Å²) in [6, 6.07) is 8.29. The van der Waals surface area contributed by atoms with Crippen LogP contribution in [0.1, 0.15) is 13.3 Å². The van der Waals surface area contributed by atoms with Crippen molar-refractivity contribution in [3.05, 3.63) is 41.7 Å². The van der Waals surface area contributed by atoms with Crippen LogP contribution in [0.25, 0.3) is 11.1 Å². The molecule has 0 bridgehead atoms. The molecule has 1 aromatic heterocycles. The molecule has 0 radical (unpaired) electrons. The smallest absolute Gasteiger partial charge is 0.225 e. The van der Waals surface area contributed by atoms with E-state index in [1.807, 2.05) is 36.7 Å². The molecule has 1 saturated heterocycles. The summed E-state index contributed by atoms with van der Waals surface area (Å²) in [5, 5.41) is 4.22. The maximum atomic E-state index is 5.91. The van der Waals surface area contributed by atoms with Crippen molar-refractivity contribution >= 4 is 17.5 Å². The molecule has 5 heteroatoms. The molecule has 0 spiro atoms. The molecule has 0 amide bonds. The third-order valence-electron chi connectivity index (χ3n) is 3.81. The van der Waals surface area contributed by atoms with Crippen LogP contribution in [0.5, 0.6) is 0 Å². The summed E-state index contributed by atoms with van der Waals surface area (Å²) in [7, 11) is 0. The van der Waals surface area contributed by atoms with Gasteiger partial charge in [-0.2, -0.15) is 0 Å². The van der Waals surface area contributed by atoms with Crippen molar-refractivity contribution in [3.63, 3.8) is 0 Å². The number of rotatable bonds is 2. The highest BCUT2D eigenvalue weighted by molar-refractivity contribution is 6.30. The number of benzene rings is 1. The standard InChI is InChI=1S/C16H19ClN4/c1-12-6-8-21(9-7-18-12)16-19-10-14(11-20-16)13-2-4-15(17)5-3-13/h2-5,10-12,18H,6-9H2,1H3. The Morgan fingerprint density at radius 1 is 1.10 bits per heavy atom. The molecule has 1 unspecified atom stereocenters. The average Bonchev–Trinajstić information content (AvgIpc) is 2.73. The summed E-state index contributed by atoms with van der Waals surface area (Å²) in [4.78, 5) is 11.3. The van der Waals surface area contributed by atoms with Crippen LogP contribution in [-0.4, -0.2) is 35.6 Å². The van der Waals surface area contributed by atoms with Crippen LogP contribution >= 0.6 is 11.6 Å². The lowest BCUT2D eigenvalue weighted by atomic mass is 10.1. The van der Waals surface area contributed by atoms with Gasteiger partial charge < -0.3 is 10.2 Å². The predicted octanol–water partition coefficient (Wildman–Crippen LogP) is 2.99. The van der Waals surface area contributed by atoms with Crippen molar-refractivity contribution in [3.8, 4) is 11.1 Å². The maximum absolute atomic E-state index is 5.91. The van der Waals surface area contributed by atoms with Gasteiger partial charge in [0, 0.05) is 48.7 Å². The molecule has 21 heavy (non-hydrogen) atoms. The second kappa shape index (κ2) is 6.41. The molecule has 1 atom stereocenters. The van der Waals surface area contributed by atoms with Crippen LogP contribution in [-0.2, 0) is 0 Å². The van der Waals surface area contributed by atoms with E-state index in [9.17, 15) is 0 Å². The Labute approximate surface area is 130 Å². The molecular weight excluding hydrogens is 284 g/mol. The molecule has 2 heterocycles. The maximum Gasteiger partial charge on any atom is 0.225 e. The van der Waals surface area contributed by atoms with Gasteiger partial charge in [-0.05, 0) is 31.0 Å². The number of nitrogens with zero attached hydrogens (tertiary/aromatic N) is 3. The van der Waals surface area contributed by atoms with Gasteiger partial charge in [-0.1, -0.05) is 23.7 Å². The van der Waals surface area contributed by atoms with Gasteiger partial charge in [0.25, 0.3) is 0 Å². The minimum atomic E-state index is 0.559. The largest absolute Gasteiger partial charge is 0.339 e. The van der Waals surface area contributed by atoms with Crippen LogP contribution in [0, 0.1) is 0 Å². The van der Waals surface area contributed by atoms with Crippen LogP contribution in [0.3, 0.4) is 0 Å². The zero-order valence-electron chi connectivity index (χ0n) is 12.1. The Kier molecular flexibility index (Phi) is 4.36. The highest BCUT2D eigenvalue weighted by Crippen LogP contribution is 2.21. The van der Waals surface area contributed by atoms with Crippen molar-refractivity contribution in [2.45, 2.75) is 19.4 Å². The van der Waals surface area contributed by atoms with E-state index in [1.165, 1.54) is 0 Å². The van der Waals surface area contributed by atoms with Crippen molar-refractivity contribution in [2.24, 2.45) is 0 Å². The normalized spacial score (nSPS) is 19.3. The zero-order valence-corrected chi connectivity index (χ0v) is 12.8. The minimum Gasteiger partial charge on any atom is -0.339 e. The van der Waals surface area contributed by atoms with Gasteiger partial charge >= 0.3 is 0 Å². The first kappa shape index (κ1) is 14.3. The van der Waals surface area contributed by atoms with E-state index >= 15 is 0 Å². The van der Waals surface area contributed by atoms with E-state index in [2.05, 4.69) is 27.1 Å². The predicted molar refractivity (Wildman–Crippen MR) is 86.8 cm³/mol. The molecule has 0 aliphatic carbocycles. The van der Waals surface area contributed by atoms with E-state index in [0.29, 0.717) is 6.04 Å². The average molecular weight is 303 g/mol. The monoisotopic (exact) mass is 302 g/mol. The van der Waals surface area contributed by atoms with Gasteiger partial charge in [0.1, 0.15) is 0 Å². The van der Waals surface area contributed by atoms with E-state index in [0.717, 1.165) is 48.2 Å². The van der Waals surface area contributed by atoms with Crippen LogP contribution in [0.4, 0.5) is 5.95 Å². The lowest BCUT2D eigenvalue weighted by molar-refractivity contribution is 0.566. The van der Waals surface area contributed by atoms with Crippen LogP contribution in [0.2, 0.25) is 5.02 Å². The summed E-state index contributed by atoms with van der Waals surface area (Å²) in [5.74, 6) is 0.809. The van der Waals surface area contributed by atoms with Crippen LogP contribution in [0.15, 0.2) is 36.7 Å². The van der Waals surface area contributed by atoms with Crippen molar-refractivity contribution in [2.75, 3.05) is 24.5 Å². The first-order valence-corrected chi connectivity index (χ1v) is 7.66. The Bertz CT molecular complexity index is 582.